The van der Waals surface area contributed by atoms with E-state index in [0.29, 0.717) is 23.1 Å². The lowest BCUT2D eigenvalue weighted by atomic mass is 9.95. The van der Waals surface area contributed by atoms with Crippen molar-refractivity contribution in [1.82, 2.24) is 0 Å². The van der Waals surface area contributed by atoms with Gasteiger partial charge in [0.1, 0.15) is 0 Å². The van der Waals surface area contributed by atoms with Crippen molar-refractivity contribution in [1.29, 1.82) is 0 Å². The number of rotatable bonds is 3. The Bertz CT molecular complexity index is 538. The van der Waals surface area contributed by atoms with Crippen molar-refractivity contribution in [2.75, 3.05) is 11.6 Å². The Morgan fingerprint density at radius 3 is 2.44 bits per heavy atom. The number of hydrogen-bond acceptors (Lipinski definition) is 4. The van der Waals surface area contributed by atoms with Gasteiger partial charge in [0.25, 0.3) is 0 Å². The minimum absolute atomic E-state index is 0.324. The number of nitrogens with one attached hydrogen (secondary N) is 1. The summed E-state index contributed by atoms with van der Waals surface area (Å²) in [5, 5.41) is 3.43. The monoisotopic (exact) mass is 267 g/mol. The summed E-state index contributed by atoms with van der Waals surface area (Å²) >= 11 is 0. The topological polar surface area (TPSA) is 55.4 Å². The molecule has 0 spiro atoms. The van der Waals surface area contributed by atoms with Crippen molar-refractivity contribution >= 4 is 15.5 Å². The molecule has 4 nitrogen and oxygen atoms in total. The Kier molecular flexibility index (Phi) is 2.83. The van der Waals surface area contributed by atoms with Gasteiger partial charge in [-0.05, 0) is 43.5 Å². The summed E-state index contributed by atoms with van der Waals surface area (Å²) in [5.74, 6) is 0. The van der Waals surface area contributed by atoms with E-state index < -0.39 is 9.84 Å². The number of benzene rings is 1. The van der Waals surface area contributed by atoms with Gasteiger partial charge in [-0.1, -0.05) is 0 Å². The molecule has 2 aliphatic heterocycles. The summed E-state index contributed by atoms with van der Waals surface area (Å²) in [4.78, 5) is 0.359. The van der Waals surface area contributed by atoms with Crippen molar-refractivity contribution in [3.63, 3.8) is 0 Å². The SMILES string of the molecule is CS(=O)(=O)c1ccc(NC2CC3CCC2O3)cc1. The molecule has 0 saturated carbocycles. The normalized spacial score (nSPS) is 30.6. The van der Waals surface area contributed by atoms with Crippen molar-refractivity contribution in [2.45, 2.75) is 42.4 Å². The first-order valence-corrected chi connectivity index (χ1v) is 8.13. The minimum atomic E-state index is -3.11. The summed E-state index contributed by atoms with van der Waals surface area (Å²) in [6, 6.07) is 7.30. The zero-order valence-corrected chi connectivity index (χ0v) is 11.1. The van der Waals surface area contributed by atoms with E-state index in [1.165, 1.54) is 12.7 Å². The zero-order valence-electron chi connectivity index (χ0n) is 10.3. The molecule has 1 aromatic carbocycles. The summed E-state index contributed by atoms with van der Waals surface area (Å²) in [7, 11) is -3.11. The van der Waals surface area contributed by atoms with E-state index >= 15 is 0 Å². The highest BCUT2D eigenvalue weighted by molar-refractivity contribution is 7.90. The second kappa shape index (κ2) is 4.24. The molecule has 0 amide bonds. The van der Waals surface area contributed by atoms with Crippen LogP contribution in [-0.2, 0) is 14.6 Å². The molecule has 0 radical (unpaired) electrons. The predicted octanol–water partition coefficient (Wildman–Crippen LogP) is 1.82. The standard InChI is InChI=1S/C13H17NO3S/c1-18(15,16)11-5-2-9(3-6-11)14-12-8-10-4-7-13(12)17-10/h2-3,5-6,10,12-14H,4,7-8H2,1H3. The molecule has 2 heterocycles. The first-order valence-electron chi connectivity index (χ1n) is 6.24. The predicted molar refractivity (Wildman–Crippen MR) is 69.5 cm³/mol. The van der Waals surface area contributed by atoms with Crippen LogP contribution in [0.2, 0.25) is 0 Å². The van der Waals surface area contributed by atoms with Gasteiger partial charge in [0.05, 0.1) is 23.1 Å². The van der Waals surface area contributed by atoms with E-state index in [1.807, 2.05) is 12.1 Å². The molecular weight excluding hydrogens is 250 g/mol. The number of hydrogen-bond donors (Lipinski definition) is 1. The first-order chi connectivity index (χ1) is 8.52. The van der Waals surface area contributed by atoms with Gasteiger partial charge in [0, 0.05) is 11.9 Å². The van der Waals surface area contributed by atoms with E-state index in [1.54, 1.807) is 12.1 Å². The maximum atomic E-state index is 11.4. The molecule has 1 N–H and O–H groups in total. The van der Waals surface area contributed by atoms with Crippen LogP contribution in [0.5, 0.6) is 0 Å². The fourth-order valence-electron chi connectivity index (χ4n) is 2.80. The van der Waals surface area contributed by atoms with E-state index in [2.05, 4.69) is 5.32 Å². The highest BCUT2D eigenvalue weighted by Gasteiger charge is 2.40. The van der Waals surface area contributed by atoms with Gasteiger partial charge in [-0.2, -0.15) is 0 Å². The minimum Gasteiger partial charge on any atom is -0.380 e. The molecule has 0 aromatic heterocycles. The van der Waals surface area contributed by atoms with Crippen LogP contribution in [0.4, 0.5) is 5.69 Å². The molecule has 2 bridgehead atoms. The fourth-order valence-corrected chi connectivity index (χ4v) is 3.43. The molecule has 3 rings (SSSR count). The van der Waals surface area contributed by atoms with Crippen LogP contribution in [0, 0.1) is 0 Å². The summed E-state index contributed by atoms with van der Waals surface area (Å²) in [5.41, 5.74) is 0.962. The van der Waals surface area contributed by atoms with Gasteiger partial charge >= 0.3 is 0 Å². The van der Waals surface area contributed by atoms with Crippen LogP contribution >= 0.6 is 0 Å². The van der Waals surface area contributed by atoms with Crippen molar-refractivity contribution < 1.29 is 13.2 Å². The lowest BCUT2D eigenvalue weighted by molar-refractivity contribution is 0.102. The average molecular weight is 267 g/mol. The third-order valence-corrected chi connectivity index (χ3v) is 4.87. The Morgan fingerprint density at radius 2 is 1.94 bits per heavy atom. The number of ether oxygens (including phenoxy) is 1. The molecule has 3 atom stereocenters. The van der Waals surface area contributed by atoms with Crippen LogP contribution < -0.4 is 5.32 Å². The summed E-state index contributed by atoms with van der Waals surface area (Å²) in [6.07, 6.45) is 5.32. The van der Waals surface area contributed by atoms with Gasteiger partial charge < -0.3 is 10.1 Å². The quantitative estimate of drug-likeness (QED) is 0.907. The van der Waals surface area contributed by atoms with Gasteiger partial charge in [0.15, 0.2) is 9.84 Å². The molecule has 1 aromatic rings. The van der Waals surface area contributed by atoms with Crippen LogP contribution in [0.15, 0.2) is 29.2 Å². The summed E-state index contributed by atoms with van der Waals surface area (Å²) in [6.45, 7) is 0. The van der Waals surface area contributed by atoms with E-state index in [9.17, 15) is 8.42 Å². The number of anilines is 1. The highest BCUT2D eigenvalue weighted by Crippen LogP contribution is 2.35. The lowest BCUT2D eigenvalue weighted by Crippen LogP contribution is -2.30. The van der Waals surface area contributed by atoms with Gasteiger partial charge in [-0.15, -0.1) is 0 Å². The second-order valence-corrected chi connectivity index (χ2v) is 7.17. The molecule has 2 fully saturated rings. The maximum absolute atomic E-state index is 11.4. The molecule has 3 unspecified atom stereocenters. The summed E-state index contributed by atoms with van der Waals surface area (Å²) < 4.78 is 28.5. The van der Waals surface area contributed by atoms with Crippen molar-refractivity contribution in [3.8, 4) is 0 Å². The third-order valence-electron chi connectivity index (χ3n) is 3.74. The van der Waals surface area contributed by atoms with Crippen LogP contribution in [0.25, 0.3) is 0 Å². The Hall–Kier alpha value is -1.07. The van der Waals surface area contributed by atoms with E-state index in [0.717, 1.165) is 18.5 Å². The third kappa shape index (κ3) is 2.24. The number of fused-ring (bicyclic) bond motifs is 2. The zero-order chi connectivity index (χ0) is 12.8. The largest absolute Gasteiger partial charge is 0.380 e. The average Bonchev–Trinajstić information content (AvgIpc) is 2.90. The molecule has 0 aliphatic carbocycles. The van der Waals surface area contributed by atoms with Crippen LogP contribution in [0.3, 0.4) is 0 Å². The molecule has 5 heteroatoms. The van der Waals surface area contributed by atoms with Gasteiger partial charge in [-0.25, -0.2) is 8.42 Å². The fraction of sp³-hybridized carbons (Fsp3) is 0.538. The van der Waals surface area contributed by atoms with Crippen LogP contribution in [-0.4, -0.2) is 32.9 Å². The Labute approximate surface area is 107 Å². The Morgan fingerprint density at radius 1 is 1.22 bits per heavy atom. The molecule has 18 heavy (non-hydrogen) atoms. The smallest absolute Gasteiger partial charge is 0.175 e. The van der Waals surface area contributed by atoms with E-state index in [4.69, 9.17) is 4.74 Å². The van der Waals surface area contributed by atoms with E-state index in [-0.39, 0.29) is 0 Å². The first kappa shape index (κ1) is 12.0. The van der Waals surface area contributed by atoms with Crippen molar-refractivity contribution in [2.24, 2.45) is 0 Å². The second-order valence-electron chi connectivity index (χ2n) is 5.16. The lowest BCUT2D eigenvalue weighted by Gasteiger charge is -2.21. The molecular formula is C13H17NO3S. The Balaban J connectivity index is 1.71. The van der Waals surface area contributed by atoms with Gasteiger partial charge in [0.2, 0.25) is 0 Å². The number of sulfone groups is 1. The maximum Gasteiger partial charge on any atom is 0.175 e. The molecule has 98 valence electrons. The van der Waals surface area contributed by atoms with Crippen molar-refractivity contribution in [3.05, 3.63) is 24.3 Å². The van der Waals surface area contributed by atoms with Gasteiger partial charge in [-0.3, -0.25) is 0 Å². The highest BCUT2D eigenvalue weighted by atomic mass is 32.2. The molecule has 2 aliphatic rings. The molecule has 2 saturated heterocycles. The van der Waals surface area contributed by atoms with Crippen LogP contribution in [0.1, 0.15) is 19.3 Å².